The van der Waals surface area contributed by atoms with E-state index in [2.05, 4.69) is 15.6 Å². The van der Waals surface area contributed by atoms with Crippen LogP contribution in [0.2, 0.25) is 0 Å². The van der Waals surface area contributed by atoms with Gasteiger partial charge in [0.1, 0.15) is 5.82 Å². The van der Waals surface area contributed by atoms with Crippen molar-refractivity contribution in [3.05, 3.63) is 18.3 Å². The van der Waals surface area contributed by atoms with Crippen molar-refractivity contribution in [2.75, 3.05) is 31.2 Å². The Bertz CT molecular complexity index is 493. The van der Waals surface area contributed by atoms with Crippen molar-refractivity contribution >= 4 is 15.7 Å². The minimum absolute atomic E-state index is 0.259. The van der Waals surface area contributed by atoms with Crippen LogP contribution in [-0.4, -0.2) is 39.3 Å². The van der Waals surface area contributed by atoms with E-state index in [1.807, 2.05) is 0 Å². The van der Waals surface area contributed by atoms with E-state index in [0.717, 1.165) is 37.8 Å². The summed E-state index contributed by atoms with van der Waals surface area (Å²) in [6, 6.07) is 3.31. The van der Waals surface area contributed by atoms with E-state index < -0.39 is 9.84 Å². The number of nitrogens with one attached hydrogen (secondary N) is 2. The van der Waals surface area contributed by atoms with Crippen LogP contribution in [0.5, 0.6) is 0 Å². The van der Waals surface area contributed by atoms with E-state index in [9.17, 15) is 8.42 Å². The van der Waals surface area contributed by atoms with Crippen LogP contribution in [0.1, 0.15) is 19.3 Å². The molecule has 1 unspecified atom stereocenters. The van der Waals surface area contributed by atoms with Crippen molar-refractivity contribution < 1.29 is 8.42 Å². The maximum Gasteiger partial charge on any atom is 0.177 e. The van der Waals surface area contributed by atoms with Crippen LogP contribution in [0.15, 0.2) is 23.2 Å². The SMILES string of the molecule is CS(=O)(=O)c1ccc(NCCC2CCCNC2)nc1. The van der Waals surface area contributed by atoms with Gasteiger partial charge >= 0.3 is 0 Å². The maximum absolute atomic E-state index is 11.3. The van der Waals surface area contributed by atoms with Gasteiger partial charge in [-0.2, -0.15) is 0 Å². The standard InChI is InChI=1S/C13H21N3O2S/c1-19(17,18)12-4-5-13(16-10-12)15-8-6-11-3-2-7-14-9-11/h4-5,10-11,14H,2-3,6-9H2,1H3,(H,15,16). The Labute approximate surface area is 114 Å². The number of piperidine rings is 1. The van der Waals surface area contributed by atoms with Crippen LogP contribution in [0, 0.1) is 5.92 Å². The van der Waals surface area contributed by atoms with Crippen molar-refractivity contribution in [2.45, 2.75) is 24.2 Å². The lowest BCUT2D eigenvalue weighted by Gasteiger charge is -2.22. The first kappa shape index (κ1) is 14.3. The summed E-state index contributed by atoms with van der Waals surface area (Å²) >= 11 is 0. The number of aromatic nitrogens is 1. The largest absolute Gasteiger partial charge is 0.370 e. The summed E-state index contributed by atoms with van der Waals surface area (Å²) in [5.74, 6) is 1.47. The van der Waals surface area contributed by atoms with E-state index in [4.69, 9.17) is 0 Å². The lowest BCUT2D eigenvalue weighted by Crippen LogP contribution is -2.30. The molecule has 2 N–H and O–H groups in total. The van der Waals surface area contributed by atoms with Crippen molar-refractivity contribution in [1.82, 2.24) is 10.3 Å². The van der Waals surface area contributed by atoms with Gasteiger partial charge in [-0.1, -0.05) is 0 Å². The fourth-order valence-electron chi connectivity index (χ4n) is 2.28. The van der Waals surface area contributed by atoms with E-state index in [-0.39, 0.29) is 4.90 Å². The summed E-state index contributed by atoms with van der Waals surface area (Å²) < 4.78 is 22.6. The molecule has 0 spiro atoms. The lowest BCUT2D eigenvalue weighted by atomic mass is 9.96. The molecule has 1 aliphatic rings. The number of sulfone groups is 1. The molecule has 19 heavy (non-hydrogen) atoms. The monoisotopic (exact) mass is 283 g/mol. The van der Waals surface area contributed by atoms with Crippen molar-refractivity contribution in [1.29, 1.82) is 0 Å². The molecule has 0 radical (unpaired) electrons. The molecule has 1 fully saturated rings. The van der Waals surface area contributed by atoms with E-state index in [1.54, 1.807) is 12.1 Å². The van der Waals surface area contributed by atoms with Gasteiger partial charge in [0.2, 0.25) is 0 Å². The van der Waals surface area contributed by atoms with Gasteiger partial charge in [0.15, 0.2) is 9.84 Å². The molecule has 1 saturated heterocycles. The molecule has 0 amide bonds. The van der Waals surface area contributed by atoms with E-state index in [0.29, 0.717) is 0 Å². The molecule has 0 bridgehead atoms. The molecule has 1 aromatic rings. The Morgan fingerprint density at radius 2 is 2.32 bits per heavy atom. The van der Waals surface area contributed by atoms with Crippen LogP contribution >= 0.6 is 0 Å². The molecule has 1 aliphatic heterocycles. The zero-order valence-electron chi connectivity index (χ0n) is 11.2. The molecule has 0 saturated carbocycles. The highest BCUT2D eigenvalue weighted by atomic mass is 32.2. The van der Waals surface area contributed by atoms with E-state index >= 15 is 0 Å². The summed E-state index contributed by atoms with van der Waals surface area (Å²) in [5, 5.41) is 6.63. The molecule has 2 rings (SSSR count). The van der Waals surface area contributed by atoms with Crippen LogP contribution in [0.4, 0.5) is 5.82 Å². The van der Waals surface area contributed by atoms with Crippen LogP contribution < -0.4 is 10.6 Å². The smallest absolute Gasteiger partial charge is 0.177 e. The Hall–Kier alpha value is -1.14. The summed E-state index contributed by atoms with van der Waals surface area (Å²) in [4.78, 5) is 4.38. The van der Waals surface area contributed by atoms with Crippen molar-refractivity contribution in [3.8, 4) is 0 Å². The van der Waals surface area contributed by atoms with Gasteiger partial charge in [-0.05, 0) is 50.4 Å². The third-order valence-electron chi connectivity index (χ3n) is 3.42. The Kier molecular flexibility index (Phi) is 4.76. The Morgan fingerprint density at radius 3 is 2.89 bits per heavy atom. The minimum Gasteiger partial charge on any atom is -0.370 e. The third kappa shape index (κ3) is 4.47. The molecular formula is C13H21N3O2S. The van der Waals surface area contributed by atoms with Gasteiger partial charge in [0.05, 0.1) is 4.90 Å². The van der Waals surface area contributed by atoms with Crippen LogP contribution in [-0.2, 0) is 9.84 Å². The lowest BCUT2D eigenvalue weighted by molar-refractivity contribution is 0.364. The summed E-state index contributed by atoms with van der Waals surface area (Å²) in [6.07, 6.45) is 6.25. The quantitative estimate of drug-likeness (QED) is 0.852. The summed E-state index contributed by atoms with van der Waals surface area (Å²) in [6.45, 7) is 3.11. The van der Waals surface area contributed by atoms with Crippen LogP contribution in [0.3, 0.4) is 0 Å². The predicted octanol–water partition coefficient (Wildman–Crippen LogP) is 1.29. The van der Waals surface area contributed by atoms with Crippen LogP contribution in [0.25, 0.3) is 0 Å². The highest BCUT2D eigenvalue weighted by Crippen LogP contribution is 2.15. The Morgan fingerprint density at radius 1 is 1.47 bits per heavy atom. The third-order valence-corrected chi connectivity index (χ3v) is 4.52. The number of anilines is 1. The van der Waals surface area contributed by atoms with Crippen molar-refractivity contribution in [3.63, 3.8) is 0 Å². The molecule has 0 aromatic carbocycles. The highest BCUT2D eigenvalue weighted by Gasteiger charge is 2.12. The molecule has 2 heterocycles. The van der Waals surface area contributed by atoms with Gasteiger partial charge in [0.25, 0.3) is 0 Å². The number of hydrogen-bond acceptors (Lipinski definition) is 5. The van der Waals surface area contributed by atoms with E-state index in [1.165, 1.54) is 25.3 Å². The first-order chi connectivity index (χ1) is 9.05. The Balaban J connectivity index is 1.80. The van der Waals surface area contributed by atoms with Gasteiger partial charge in [-0.3, -0.25) is 0 Å². The fraction of sp³-hybridized carbons (Fsp3) is 0.615. The maximum atomic E-state index is 11.3. The second-order valence-corrected chi connectivity index (χ2v) is 7.09. The highest BCUT2D eigenvalue weighted by molar-refractivity contribution is 7.90. The predicted molar refractivity (Wildman–Crippen MR) is 76.0 cm³/mol. The first-order valence-corrected chi connectivity index (χ1v) is 8.55. The van der Waals surface area contributed by atoms with Gasteiger partial charge in [-0.25, -0.2) is 13.4 Å². The number of hydrogen-bond donors (Lipinski definition) is 2. The number of pyridine rings is 1. The molecule has 1 aromatic heterocycles. The summed E-state index contributed by atoms with van der Waals surface area (Å²) in [7, 11) is -3.16. The number of rotatable bonds is 5. The molecule has 1 atom stereocenters. The fourth-order valence-corrected chi connectivity index (χ4v) is 2.84. The second kappa shape index (κ2) is 6.34. The topological polar surface area (TPSA) is 71.1 Å². The summed E-state index contributed by atoms with van der Waals surface area (Å²) in [5.41, 5.74) is 0. The molecule has 5 nitrogen and oxygen atoms in total. The van der Waals surface area contributed by atoms with Gasteiger partial charge in [-0.15, -0.1) is 0 Å². The number of nitrogens with zero attached hydrogens (tertiary/aromatic N) is 1. The molecule has 106 valence electrons. The minimum atomic E-state index is -3.16. The zero-order valence-corrected chi connectivity index (χ0v) is 12.0. The zero-order chi connectivity index (χ0) is 13.7. The molecule has 6 heteroatoms. The normalized spacial score (nSPS) is 20.2. The second-order valence-electron chi connectivity index (χ2n) is 5.08. The van der Waals surface area contributed by atoms with Crippen molar-refractivity contribution in [2.24, 2.45) is 5.92 Å². The van der Waals surface area contributed by atoms with Gasteiger partial charge in [0, 0.05) is 19.0 Å². The average molecular weight is 283 g/mol. The first-order valence-electron chi connectivity index (χ1n) is 6.66. The molecule has 0 aliphatic carbocycles. The molecular weight excluding hydrogens is 262 g/mol. The average Bonchev–Trinajstić information content (AvgIpc) is 2.39. The van der Waals surface area contributed by atoms with Gasteiger partial charge < -0.3 is 10.6 Å².